The lowest BCUT2D eigenvalue weighted by Crippen LogP contribution is -2.22. The van der Waals surface area contributed by atoms with Crippen LogP contribution >= 0.6 is 0 Å². The number of rotatable bonds is 6. The molecule has 1 rings (SSSR count). The number of ether oxygens (including phenoxy) is 1. The molecule has 2 N–H and O–H groups in total. The lowest BCUT2D eigenvalue weighted by atomic mass is 10.0. The summed E-state index contributed by atoms with van der Waals surface area (Å²) < 4.78 is 5.52. The van der Waals surface area contributed by atoms with E-state index in [0.717, 1.165) is 12.2 Å². The number of carbonyl (C=O) groups excluding carboxylic acids is 1. The third kappa shape index (κ3) is 4.57. The zero-order chi connectivity index (χ0) is 12.8. The molecular formula is C14H21NO2. The standard InChI is InChI=1S/C14H21NO2/c1-4-12(15)9-14(16)11-5-7-13(8-6-11)17-10(2)3/h5-8,10,12H,4,9,15H2,1-3H3. The molecule has 0 heterocycles. The van der Waals surface area contributed by atoms with Crippen LogP contribution in [0.25, 0.3) is 0 Å². The summed E-state index contributed by atoms with van der Waals surface area (Å²) in [6.07, 6.45) is 1.37. The Hall–Kier alpha value is -1.35. The second-order valence-corrected chi connectivity index (χ2v) is 4.49. The van der Waals surface area contributed by atoms with Crippen molar-refractivity contribution in [3.05, 3.63) is 29.8 Å². The van der Waals surface area contributed by atoms with Gasteiger partial charge in [0.25, 0.3) is 0 Å². The molecule has 0 aliphatic carbocycles. The maximum atomic E-state index is 11.8. The van der Waals surface area contributed by atoms with Crippen molar-refractivity contribution in [2.24, 2.45) is 5.73 Å². The van der Waals surface area contributed by atoms with Gasteiger partial charge in [0.15, 0.2) is 5.78 Å². The van der Waals surface area contributed by atoms with Gasteiger partial charge < -0.3 is 10.5 Å². The molecule has 94 valence electrons. The Balaban J connectivity index is 2.64. The minimum atomic E-state index is -0.0471. The van der Waals surface area contributed by atoms with Crippen LogP contribution in [0, 0.1) is 0 Å². The summed E-state index contributed by atoms with van der Waals surface area (Å²) in [6, 6.07) is 7.19. The quantitative estimate of drug-likeness (QED) is 0.771. The predicted octanol–water partition coefficient (Wildman–Crippen LogP) is 2.78. The Kier molecular flexibility index (Phi) is 5.16. The molecule has 3 nitrogen and oxygen atoms in total. The van der Waals surface area contributed by atoms with Crippen LogP contribution in [0.2, 0.25) is 0 Å². The molecule has 1 atom stereocenters. The van der Waals surface area contributed by atoms with Crippen LogP contribution in [0.5, 0.6) is 5.75 Å². The average Bonchev–Trinajstić information content (AvgIpc) is 2.28. The van der Waals surface area contributed by atoms with Gasteiger partial charge in [0.2, 0.25) is 0 Å². The van der Waals surface area contributed by atoms with E-state index in [-0.39, 0.29) is 17.9 Å². The normalized spacial score (nSPS) is 12.5. The van der Waals surface area contributed by atoms with Crippen LogP contribution in [-0.2, 0) is 0 Å². The van der Waals surface area contributed by atoms with Crippen LogP contribution in [0.15, 0.2) is 24.3 Å². The summed E-state index contributed by atoms with van der Waals surface area (Å²) in [5, 5.41) is 0. The molecule has 0 saturated carbocycles. The number of ketones is 1. The molecule has 0 aromatic heterocycles. The van der Waals surface area contributed by atoms with Gasteiger partial charge in [0, 0.05) is 18.0 Å². The first-order valence-electron chi connectivity index (χ1n) is 6.08. The Bertz CT molecular complexity index is 357. The monoisotopic (exact) mass is 235 g/mol. The highest BCUT2D eigenvalue weighted by Gasteiger charge is 2.10. The van der Waals surface area contributed by atoms with Crippen molar-refractivity contribution < 1.29 is 9.53 Å². The summed E-state index contributed by atoms with van der Waals surface area (Å²) in [6.45, 7) is 5.93. The first-order valence-corrected chi connectivity index (χ1v) is 6.08. The van der Waals surface area contributed by atoms with Gasteiger partial charge >= 0.3 is 0 Å². The van der Waals surface area contributed by atoms with Crippen molar-refractivity contribution in [2.45, 2.75) is 45.8 Å². The van der Waals surface area contributed by atoms with E-state index in [1.807, 2.05) is 32.9 Å². The molecule has 0 amide bonds. The zero-order valence-corrected chi connectivity index (χ0v) is 10.8. The summed E-state index contributed by atoms with van der Waals surface area (Å²) in [5.74, 6) is 0.881. The van der Waals surface area contributed by atoms with E-state index >= 15 is 0 Å². The number of hydrogen-bond donors (Lipinski definition) is 1. The van der Waals surface area contributed by atoms with Gasteiger partial charge in [-0.2, -0.15) is 0 Å². The van der Waals surface area contributed by atoms with E-state index in [2.05, 4.69) is 0 Å². The number of benzene rings is 1. The van der Waals surface area contributed by atoms with E-state index < -0.39 is 0 Å². The van der Waals surface area contributed by atoms with Gasteiger partial charge in [-0.25, -0.2) is 0 Å². The number of nitrogens with two attached hydrogens (primary N) is 1. The summed E-state index contributed by atoms with van der Waals surface area (Å²) in [5.41, 5.74) is 6.46. The summed E-state index contributed by atoms with van der Waals surface area (Å²) in [7, 11) is 0. The maximum Gasteiger partial charge on any atom is 0.164 e. The molecule has 3 heteroatoms. The highest BCUT2D eigenvalue weighted by atomic mass is 16.5. The highest BCUT2D eigenvalue weighted by Crippen LogP contribution is 2.15. The minimum Gasteiger partial charge on any atom is -0.491 e. The van der Waals surface area contributed by atoms with Crippen LogP contribution < -0.4 is 10.5 Å². The summed E-state index contributed by atoms with van der Waals surface area (Å²) >= 11 is 0. The first-order chi connectivity index (χ1) is 8.02. The fourth-order valence-corrected chi connectivity index (χ4v) is 1.49. The van der Waals surface area contributed by atoms with Crippen molar-refractivity contribution in [1.29, 1.82) is 0 Å². The highest BCUT2D eigenvalue weighted by molar-refractivity contribution is 5.96. The average molecular weight is 235 g/mol. The fraction of sp³-hybridized carbons (Fsp3) is 0.500. The van der Waals surface area contributed by atoms with Crippen molar-refractivity contribution in [1.82, 2.24) is 0 Å². The predicted molar refractivity (Wildman–Crippen MR) is 69.4 cm³/mol. The maximum absolute atomic E-state index is 11.8. The van der Waals surface area contributed by atoms with Crippen molar-refractivity contribution in [3.8, 4) is 5.75 Å². The molecule has 1 aromatic rings. The smallest absolute Gasteiger partial charge is 0.164 e. The fourth-order valence-electron chi connectivity index (χ4n) is 1.49. The third-order valence-corrected chi connectivity index (χ3v) is 2.52. The number of hydrogen-bond acceptors (Lipinski definition) is 3. The minimum absolute atomic E-state index is 0.0471. The molecule has 0 aliphatic heterocycles. The molecule has 0 saturated heterocycles. The largest absolute Gasteiger partial charge is 0.491 e. The topological polar surface area (TPSA) is 52.3 Å². The number of carbonyl (C=O) groups is 1. The van der Waals surface area contributed by atoms with Crippen LogP contribution in [0.4, 0.5) is 0 Å². The van der Waals surface area contributed by atoms with Crippen molar-refractivity contribution in [3.63, 3.8) is 0 Å². The second-order valence-electron chi connectivity index (χ2n) is 4.49. The Labute approximate surface area is 103 Å². The van der Waals surface area contributed by atoms with Crippen LogP contribution in [0.1, 0.15) is 44.0 Å². The Morgan fingerprint density at radius 2 is 1.88 bits per heavy atom. The molecular weight excluding hydrogens is 214 g/mol. The van der Waals surface area contributed by atoms with Gasteiger partial charge in [-0.1, -0.05) is 6.92 Å². The first kappa shape index (κ1) is 13.7. The van der Waals surface area contributed by atoms with Crippen molar-refractivity contribution in [2.75, 3.05) is 0 Å². The lowest BCUT2D eigenvalue weighted by molar-refractivity contribution is 0.0974. The molecule has 0 spiro atoms. The molecule has 1 unspecified atom stereocenters. The SMILES string of the molecule is CCC(N)CC(=O)c1ccc(OC(C)C)cc1. The Morgan fingerprint density at radius 3 is 2.35 bits per heavy atom. The van der Waals surface area contributed by atoms with Crippen molar-refractivity contribution >= 4 is 5.78 Å². The molecule has 0 fully saturated rings. The Morgan fingerprint density at radius 1 is 1.29 bits per heavy atom. The molecule has 1 aromatic carbocycles. The zero-order valence-electron chi connectivity index (χ0n) is 10.8. The third-order valence-electron chi connectivity index (χ3n) is 2.52. The van der Waals surface area contributed by atoms with Gasteiger partial charge in [-0.15, -0.1) is 0 Å². The second kappa shape index (κ2) is 6.40. The van der Waals surface area contributed by atoms with Gasteiger partial charge in [0.05, 0.1) is 6.10 Å². The van der Waals surface area contributed by atoms with Crippen LogP contribution in [-0.4, -0.2) is 17.9 Å². The van der Waals surface area contributed by atoms with E-state index in [4.69, 9.17) is 10.5 Å². The lowest BCUT2D eigenvalue weighted by Gasteiger charge is -2.10. The summed E-state index contributed by atoms with van der Waals surface area (Å²) in [4.78, 5) is 11.8. The van der Waals surface area contributed by atoms with E-state index in [9.17, 15) is 4.79 Å². The van der Waals surface area contributed by atoms with Gasteiger partial charge in [0.1, 0.15) is 5.75 Å². The van der Waals surface area contributed by atoms with E-state index in [1.165, 1.54) is 0 Å². The van der Waals surface area contributed by atoms with Gasteiger partial charge in [-0.05, 0) is 44.5 Å². The molecule has 0 aliphatic rings. The van der Waals surface area contributed by atoms with Crippen LogP contribution in [0.3, 0.4) is 0 Å². The number of Topliss-reactive ketones (excluding diaryl/α,β-unsaturated/α-hetero) is 1. The van der Waals surface area contributed by atoms with E-state index in [0.29, 0.717) is 12.0 Å². The molecule has 0 bridgehead atoms. The molecule has 0 radical (unpaired) electrons. The van der Waals surface area contributed by atoms with E-state index in [1.54, 1.807) is 12.1 Å². The molecule has 17 heavy (non-hydrogen) atoms. The van der Waals surface area contributed by atoms with Gasteiger partial charge in [-0.3, -0.25) is 4.79 Å².